The molecular formula is C15H13ClFN5O. The largest absolute Gasteiger partial charge is 0.396 e. The number of anilines is 1. The van der Waals surface area contributed by atoms with E-state index in [9.17, 15) is 9.18 Å². The average Bonchev–Trinajstić information content (AvgIpc) is 2.83. The van der Waals surface area contributed by atoms with Crippen LogP contribution >= 0.6 is 11.6 Å². The molecule has 0 saturated carbocycles. The number of nitrogens with two attached hydrogens (primary N) is 1. The molecule has 0 unspecified atom stereocenters. The zero-order valence-corrected chi connectivity index (χ0v) is 12.9. The second-order valence-electron chi connectivity index (χ2n) is 5.05. The first-order valence-corrected chi connectivity index (χ1v) is 7.13. The molecule has 118 valence electrons. The summed E-state index contributed by atoms with van der Waals surface area (Å²) in [4.78, 5) is 20.5. The normalized spacial score (nSPS) is 10.9. The molecule has 3 rings (SSSR count). The summed E-state index contributed by atoms with van der Waals surface area (Å²) in [5.41, 5.74) is 8.31. The molecule has 0 aliphatic carbocycles. The topological polar surface area (TPSA) is 85.8 Å². The van der Waals surface area contributed by atoms with Crippen molar-refractivity contribution in [3.05, 3.63) is 52.8 Å². The lowest BCUT2D eigenvalue weighted by atomic mass is 10.2. The number of benzene rings is 1. The van der Waals surface area contributed by atoms with Gasteiger partial charge in [0.15, 0.2) is 5.69 Å². The molecule has 23 heavy (non-hydrogen) atoms. The molecule has 0 radical (unpaired) electrons. The maximum Gasteiger partial charge on any atom is 0.272 e. The van der Waals surface area contributed by atoms with Crippen molar-refractivity contribution >= 4 is 34.2 Å². The molecule has 0 saturated heterocycles. The van der Waals surface area contributed by atoms with E-state index in [0.717, 1.165) is 0 Å². The molecule has 3 aromatic rings. The van der Waals surface area contributed by atoms with Crippen molar-refractivity contribution in [2.24, 2.45) is 7.05 Å². The summed E-state index contributed by atoms with van der Waals surface area (Å²) in [6, 6.07) is 4.27. The van der Waals surface area contributed by atoms with E-state index in [1.54, 1.807) is 23.9 Å². The third-order valence-corrected chi connectivity index (χ3v) is 3.72. The number of fused-ring (bicyclic) bond motifs is 1. The molecule has 0 aliphatic heterocycles. The fourth-order valence-electron chi connectivity index (χ4n) is 2.34. The van der Waals surface area contributed by atoms with Gasteiger partial charge in [-0.2, -0.15) is 0 Å². The lowest BCUT2D eigenvalue weighted by molar-refractivity contribution is 0.0947. The molecule has 0 atom stereocenters. The van der Waals surface area contributed by atoms with E-state index < -0.39 is 5.82 Å². The molecule has 6 nitrogen and oxygen atoms in total. The molecule has 1 amide bonds. The Kier molecular flexibility index (Phi) is 3.87. The summed E-state index contributed by atoms with van der Waals surface area (Å²) in [6.45, 7) is 0.199. The van der Waals surface area contributed by atoms with Gasteiger partial charge in [-0.05, 0) is 17.7 Å². The second-order valence-corrected chi connectivity index (χ2v) is 5.45. The van der Waals surface area contributed by atoms with Crippen LogP contribution in [0.4, 0.5) is 10.1 Å². The van der Waals surface area contributed by atoms with Gasteiger partial charge in [0.2, 0.25) is 0 Å². The fourth-order valence-corrected chi connectivity index (χ4v) is 2.54. The van der Waals surface area contributed by atoms with Crippen molar-refractivity contribution in [2.75, 3.05) is 5.73 Å². The van der Waals surface area contributed by atoms with E-state index in [1.807, 2.05) is 0 Å². The third-order valence-electron chi connectivity index (χ3n) is 3.43. The van der Waals surface area contributed by atoms with Crippen LogP contribution in [0.15, 0.2) is 30.7 Å². The Balaban J connectivity index is 1.85. The van der Waals surface area contributed by atoms with E-state index in [2.05, 4.69) is 15.3 Å². The molecule has 1 aromatic carbocycles. The number of nitrogens with one attached hydrogen (secondary N) is 1. The van der Waals surface area contributed by atoms with Crippen molar-refractivity contribution in [2.45, 2.75) is 6.54 Å². The number of aryl methyl sites for hydroxylation is 1. The van der Waals surface area contributed by atoms with Crippen LogP contribution in [0.3, 0.4) is 0 Å². The number of rotatable bonds is 3. The van der Waals surface area contributed by atoms with Crippen molar-refractivity contribution < 1.29 is 9.18 Å². The van der Waals surface area contributed by atoms with Gasteiger partial charge in [0.1, 0.15) is 23.2 Å². The first-order valence-electron chi connectivity index (χ1n) is 6.75. The number of nitrogen functional groups attached to an aromatic ring is 1. The number of hydrogen-bond donors (Lipinski definition) is 2. The smallest absolute Gasteiger partial charge is 0.272 e. The predicted octanol–water partition coefficient (Wildman–Crippen LogP) is 2.27. The zero-order valence-electron chi connectivity index (χ0n) is 12.2. The Hall–Kier alpha value is -2.67. The van der Waals surface area contributed by atoms with Gasteiger partial charge in [0.25, 0.3) is 5.91 Å². The maximum absolute atomic E-state index is 13.1. The van der Waals surface area contributed by atoms with E-state index in [-0.39, 0.29) is 23.2 Å². The van der Waals surface area contributed by atoms with Crippen molar-refractivity contribution in [3.63, 3.8) is 0 Å². The van der Waals surface area contributed by atoms with Gasteiger partial charge in [-0.1, -0.05) is 17.7 Å². The van der Waals surface area contributed by atoms with Crippen molar-refractivity contribution in [1.29, 1.82) is 0 Å². The highest BCUT2D eigenvalue weighted by atomic mass is 35.5. The number of nitrogens with zero attached hydrogens (tertiary/aromatic N) is 3. The molecule has 0 aliphatic rings. The molecule has 0 spiro atoms. The fraction of sp³-hybridized carbons (Fsp3) is 0.133. The Morgan fingerprint density at radius 1 is 1.43 bits per heavy atom. The van der Waals surface area contributed by atoms with Crippen molar-refractivity contribution in [1.82, 2.24) is 19.9 Å². The number of carbonyl (C=O) groups excluding carboxylic acids is 1. The number of amides is 1. The quantitative estimate of drug-likeness (QED) is 0.770. The highest BCUT2D eigenvalue weighted by Crippen LogP contribution is 2.22. The molecule has 2 aromatic heterocycles. The minimum absolute atomic E-state index is 0.0105. The van der Waals surface area contributed by atoms with Gasteiger partial charge in [-0.3, -0.25) is 4.79 Å². The molecule has 3 N–H and O–H groups in total. The minimum atomic E-state index is -0.501. The van der Waals surface area contributed by atoms with Crippen LogP contribution in [0.1, 0.15) is 16.1 Å². The number of aromatic nitrogens is 3. The van der Waals surface area contributed by atoms with Gasteiger partial charge < -0.3 is 15.6 Å². The Morgan fingerprint density at radius 2 is 2.22 bits per heavy atom. The SMILES string of the molecule is Cn1cc(N)c2ncnc(C(=O)NCc3ccc(F)c(Cl)c3)c21. The number of halogens is 2. The van der Waals surface area contributed by atoms with Crippen LogP contribution in [0.5, 0.6) is 0 Å². The van der Waals surface area contributed by atoms with Gasteiger partial charge in [-0.15, -0.1) is 0 Å². The third kappa shape index (κ3) is 2.83. The van der Waals surface area contributed by atoms with Crippen LogP contribution in [-0.2, 0) is 13.6 Å². The lowest BCUT2D eigenvalue weighted by Crippen LogP contribution is -2.24. The van der Waals surface area contributed by atoms with Gasteiger partial charge in [-0.25, -0.2) is 14.4 Å². The summed E-state index contributed by atoms with van der Waals surface area (Å²) in [5.74, 6) is -0.877. The van der Waals surface area contributed by atoms with Gasteiger partial charge >= 0.3 is 0 Å². The Bertz CT molecular complexity index is 908. The summed E-state index contributed by atoms with van der Waals surface area (Å²) in [6.07, 6.45) is 2.97. The van der Waals surface area contributed by atoms with E-state index >= 15 is 0 Å². The first kappa shape index (κ1) is 15.2. The van der Waals surface area contributed by atoms with Crippen LogP contribution in [0, 0.1) is 5.82 Å². The molecule has 0 bridgehead atoms. The Labute approximate surface area is 136 Å². The maximum atomic E-state index is 13.1. The van der Waals surface area contributed by atoms with Gasteiger partial charge in [0.05, 0.1) is 10.7 Å². The predicted molar refractivity (Wildman–Crippen MR) is 85.5 cm³/mol. The van der Waals surface area contributed by atoms with E-state index in [0.29, 0.717) is 22.3 Å². The number of carbonyl (C=O) groups is 1. The summed E-state index contributed by atoms with van der Waals surface area (Å²) < 4.78 is 14.8. The highest BCUT2D eigenvalue weighted by molar-refractivity contribution is 6.30. The summed E-state index contributed by atoms with van der Waals surface area (Å²) >= 11 is 5.72. The zero-order chi connectivity index (χ0) is 16.6. The van der Waals surface area contributed by atoms with Crippen molar-refractivity contribution in [3.8, 4) is 0 Å². The second kappa shape index (κ2) is 5.85. The highest BCUT2D eigenvalue weighted by Gasteiger charge is 2.17. The van der Waals surface area contributed by atoms with E-state index in [4.69, 9.17) is 17.3 Å². The van der Waals surface area contributed by atoms with Gasteiger partial charge in [0, 0.05) is 19.8 Å². The Morgan fingerprint density at radius 3 is 2.96 bits per heavy atom. The molecule has 0 fully saturated rings. The van der Waals surface area contributed by atoms with Crippen LogP contribution in [0.25, 0.3) is 11.0 Å². The minimum Gasteiger partial charge on any atom is -0.396 e. The van der Waals surface area contributed by atoms with E-state index in [1.165, 1.54) is 18.5 Å². The molecular weight excluding hydrogens is 321 g/mol. The summed E-state index contributed by atoms with van der Waals surface area (Å²) in [7, 11) is 1.76. The first-order chi connectivity index (χ1) is 11.0. The standard InChI is InChI=1S/C15H13ClFN5O/c1-22-6-11(18)12-14(22)13(21-7-20-12)15(23)19-5-8-2-3-10(17)9(16)4-8/h2-4,6-7H,5,18H2,1H3,(H,19,23). The summed E-state index contributed by atoms with van der Waals surface area (Å²) in [5, 5.41) is 2.74. The molecule has 2 heterocycles. The monoisotopic (exact) mass is 333 g/mol. The average molecular weight is 334 g/mol. The molecule has 8 heteroatoms. The van der Waals surface area contributed by atoms with Crippen LogP contribution < -0.4 is 11.1 Å². The van der Waals surface area contributed by atoms with Crippen LogP contribution in [0.2, 0.25) is 5.02 Å². The lowest BCUT2D eigenvalue weighted by Gasteiger charge is -2.07. The van der Waals surface area contributed by atoms with Crippen LogP contribution in [-0.4, -0.2) is 20.4 Å². The number of hydrogen-bond acceptors (Lipinski definition) is 4.